The minimum Gasteiger partial charge on any atom is -0.457 e. The Morgan fingerprint density at radius 1 is 0.971 bits per heavy atom. The molecule has 35 heavy (non-hydrogen) atoms. The lowest BCUT2D eigenvalue weighted by Gasteiger charge is -2.34. The largest absolute Gasteiger partial charge is 0.457 e. The van der Waals surface area contributed by atoms with Crippen molar-refractivity contribution in [2.45, 2.75) is 12.5 Å². The lowest BCUT2D eigenvalue weighted by molar-refractivity contribution is -0.128. The van der Waals surface area contributed by atoms with E-state index in [2.05, 4.69) is 20.2 Å². The molecule has 1 fully saturated rings. The molecule has 1 aromatic heterocycles. The summed E-state index contributed by atoms with van der Waals surface area (Å²) in [7, 11) is 0. The first kappa shape index (κ1) is 24.1. The second kappa shape index (κ2) is 11.4. The molecule has 1 atom stereocenters. The van der Waals surface area contributed by atoms with Gasteiger partial charge in [0, 0.05) is 45.0 Å². The van der Waals surface area contributed by atoms with Crippen molar-refractivity contribution in [3.05, 3.63) is 78.4 Å². The molecule has 1 aliphatic rings. The molecule has 3 aromatic rings. The van der Waals surface area contributed by atoms with E-state index in [0.717, 1.165) is 5.56 Å². The van der Waals surface area contributed by atoms with Gasteiger partial charge in [-0.05, 0) is 48.0 Å². The number of hydrogen-bond donors (Lipinski definition) is 2. The number of halogens is 1. The first-order valence-electron chi connectivity index (χ1n) is 11.3. The molecule has 2 heterocycles. The number of amides is 2. The molecule has 2 amide bonds. The second-order valence-corrected chi connectivity index (χ2v) is 8.24. The van der Waals surface area contributed by atoms with Crippen LogP contribution in [-0.2, 0) is 16.0 Å². The Labute approximate surface area is 202 Å². The Kier molecular flexibility index (Phi) is 7.84. The highest BCUT2D eigenvalue weighted by molar-refractivity contribution is 5.87. The topological polar surface area (TPSA) is 114 Å². The van der Waals surface area contributed by atoms with Crippen LogP contribution in [0.25, 0.3) is 0 Å². The number of anilines is 1. The van der Waals surface area contributed by atoms with Gasteiger partial charge in [0.25, 0.3) is 0 Å². The predicted octanol–water partition coefficient (Wildman–Crippen LogP) is 1.74. The SMILES string of the molecule is NC(=O)C(Cc1ccc(Oc2ccc(F)cc2)cc1)NC(=O)CN1CCN(c2ncccn2)CC1. The number of primary amides is 1. The van der Waals surface area contributed by atoms with Gasteiger partial charge in [0.2, 0.25) is 17.8 Å². The highest BCUT2D eigenvalue weighted by Crippen LogP contribution is 2.22. The summed E-state index contributed by atoms with van der Waals surface area (Å²) < 4.78 is 18.7. The summed E-state index contributed by atoms with van der Waals surface area (Å²) in [6.45, 7) is 2.97. The van der Waals surface area contributed by atoms with E-state index in [1.165, 1.54) is 24.3 Å². The third kappa shape index (κ3) is 6.97. The van der Waals surface area contributed by atoms with Crippen molar-refractivity contribution in [3.8, 4) is 11.5 Å². The maximum Gasteiger partial charge on any atom is 0.240 e. The molecule has 1 saturated heterocycles. The number of nitrogens with one attached hydrogen (secondary N) is 1. The Morgan fingerprint density at radius 2 is 1.57 bits per heavy atom. The van der Waals surface area contributed by atoms with Crippen molar-refractivity contribution >= 4 is 17.8 Å². The van der Waals surface area contributed by atoms with E-state index in [1.54, 1.807) is 42.7 Å². The molecule has 1 aliphatic heterocycles. The molecule has 182 valence electrons. The molecule has 0 bridgehead atoms. The standard InChI is InChI=1S/C25H27FN6O3/c26-19-4-8-21(9-5-19)35-20-6-2-18(3-7-20)16-22(24(27)34)30-23(33)17-31-12-14-32(15-13-31)25-28-10-1-11-29-25/h1-11,22H,12-17H2,(H2,27,34)(H,30,33). The average Bonchev–Trinajstić information content (AvgIpc) is 2.87. The number of aromatic nitrogens is 2. The van der Waals surface area contributed by atoms with Crippen LogP contribution in [0, 0.1) is 5.82 Å². The maximum atomic E-state index is 13.0. The van der Waals surface area contributed by atoms with Gasteiger partial charge in [0.05, 0.1) is 6.54 Å². The molecular formula is C25H27FN6O3. The Hall–Kier alpha value is -4.05. The van der Waals surface area contributed by atoms with Gasteiger partial charge in [0.15, 0.2) is 0 Å². The molecule has 0 spiro atoms. The number of nitrogens with zero attached hydrogens (tertiary/aromatic N) is 4. The van der Waals surface area contributed by atoms with Crippen LogP contribution in [0.5, 0.6) is 11.5 Å². The molecule has 2 aromatic carbocycles. The summed E-state index contributed by atoms with van der Waals surface area (Å²) in [4.78, 5) is 37.2. The molecule has 0 radical (unpaired) electrons. The van der Waals surface area contributed by atoms with Gasteiger partial charge < -0.3 is 20.7 Å². The third-order valence-corrected chi connectivity index (χ3v) is 5.67. The highest BCUT2D eigenvalue weighted by Gasteiger charge is 2.23. The number of ether oxygens (including phenoxy) is 1. The van der Waals surface area contributed by atoms with Crippen LogP contribution in [0.4, 0.5) is 10.3 Å². The van der Waals surface area contributed by atoms with Crippen LogP contribution < -0.4 is 20.7 Å². The number of rotatable bonds is 9. The van der Waals surface area contributed by atoms with Crippen LogP contribution in [0.2, 0.25) is 0 Å². The van der Waals surface area contributed by atoms with E-state index in [4.69, 9.17) is 10.5 Å². The average molecular weight is 479 g/mol. The lowest BCUT2D eigenvalue weighted by atomic mass is 10.1. The van der Waals surface area contributed by atoms with Crippen molar-refractivity contribution in [2.75, 3.05) is 37.6 Å². The predicted molar refractivity (Wildman–Crippen MR) is 128 cm³/mol. The van der Waals surface area contributed by atoms with E-state index >= 15 is 0 Å². The molecule has 10 heteroatoms. The molecule has 9 nitrogen and oxygen atoms in total. The molecule has 0 saturated carbocycles. The first-order valence-corrected chi connectivity index (χ1v) is 11.3. The fourth-order valence-corrected chi connectivity index (χ4v) is 3.79. The zero-order chi connectivity index (χ0) is 24.6. The Balaban J connectivity index is 1.26. The lowest BCUT2D eigenvalue weighted by Crippen LogP contribution is -2.53. The van der Waals surface area contributed by atoms with E-state index < -0.39 is 11.9 Å². The summed E-state index contributed by atoms with van der Waals surface area (Å²) in [5.74, 6) is 0.569. The van der Waals surface area contributed by atoms with Crippen LogP contribution >= 0.6 is 0 Å². The van der Waals surface area contributed by atoms with Crippen molar-refractivity contribution in [3.63, 3.8) is 0 Å². The maximum absolute atomic E-state index is 13.0. The van der Waals surface area contributed by atoms with Gasteiger partial charge in [-0.3, -0.25) is 14.5 Å². The summed E-state index contributed by atoms with van der Waals surface area (Å²) in [6, 6.07) is 13.7. The van der Waals surface area contributed by atoms with Crippen LogP contribution in [0.15, 0.2) is 67.0 Å². The monoisotopic (exact) mass is 478 g/mol. The number of hydrogen-bond acceptors (Lipinski definition) is 7. The molecule has 1 unspecified atom stereocenters. The van der Waals surface area contributed by atoms with E-state index in [1.807, 2.05) is 4.90 Å². The van der Waals surface area contributed by atoms with Gasteiger partial charge in [-0.25, -0.2) is 14.4 Å². The number of piperazine rings is 1. The van der Waals surface area contributed by atoms with Crippen molar-refractivity contribution in [1.29, 1.82) is 0 Å². The number of carbonyl (C=O) groups excluding carboxylic acids is 2. The van der Waals surface area contributed by atoms with Crippen molar-refractivity contribution in [1.82, 2.24) is 20.2 Å². The van der Waals surface area contributed by atoms with Crippen LogP contribution in [-0.4, -0.2) is 65.4 Å². The van der Waals surface area contributed by atoms with Gasteiger partial charge in [-0.1, -0.05) is 12.1 Å². The quantitative estimate of drug-likeness (QED) is 0.482. The zero-order valence-electron chi connectivity index (χ0n) is 19.1. The van der Waals surface area contributed by atoms with Crippen molar-refractivity contribution < 1.29 is 18.7 Å². The van der Waals surface area contributed by atoms with Crippen LogP contribution in [0.1, 0.15) is 5.56 Å². The van der Waals surface area contributed by atoms with E-state index in [-0.39, 0.29) is 24.7 Å². The Morgan fingerprint density at radius 3 is 2.17 bits per heavy atom. The number of nitrogens with two attached hydrogens (primary N) is 1. The van der Waals surface area contributed by atoms with Gasteiger partial charge >= 0.3 is 0 Å². The van der Waals surface area contributed by atoms with Crippen molar-refractivity contribution in [2.24, 2.45) is 5.73 Å². The minimum atomic E-state index is -0.828. The van der Waals surface area contributed by atoms with Crippen LogP contribution in [0.3, 0.4) is 0 Å². The van der Waals surface area contributed by atoms with Gasteiger partial charge in [-0.2, -0.15) is 0 Å². The van der Waals surface area contributed by atoms with Gasteiger partial charge in [0.1, 0.15) is 23.4 Å². The number of benzene rings is 2. The molecule has 4 rings (SSSR count). The summed E-state index contributed by atoms with van der Waals surface area (Å²) in [5, 5.41) is 2.75. The summed E-state index contributed by atoms with van der Waals surface area (Å²) in [5.41, 5.74) is 6.37. The normalized spacial score (nSPS) is 14.8. The zero-order valence-corrected chi connectivity index (χ0v) is 19.1. The first-order chi connectivity index (χ1) is 17.0. The highest BCUT2D eigenvalue weighted by atomic mass is 19.1. The fourth-order valence-electron chi connectivity index (χ4n) is 3.79. The fraction of sp³-hybridized carbons (Fsp3) is 0.280. The second-order valence-electron chi connectivity index (χ2n) is 8.24. The van der Waals surface area contributed by atoms with Gasteiger partial charge in [-0.15, -0.1) is 0 Å². The van der Waals surface area contributed by atoms with E-state index in [0.29, 0.717) is 43.6 Å². The minimum absolute atomic E-state index is 0.178. The Bertz CT molecular complexity index is 1120. The number of carbonyl (C=O) groups is 2. The summed E-state index contributed by atoms with van der Waals surface area (Å²) in [6.07, 6.45) is 3.67. The summed E-state index contributed by atoms with van der Waals surface area (Å²) >= 11 is 0. The van der Waals surface area contributed by atoms with E-state index in [9.17, 15) is 14.0 Å². The molecule has 3 N–H and O–H groups in total. The third-order valence-electron chi connectivity index (χ3n) is 5.67. The molecule has 0 aliphatic carbocycles. The smallest absolute Gasteiger partial charge is 0.240 e. The molecular weight excluding hydrogens is 451 g/mol.